The quantitative estimate of drug-likeness (QED) is 0.689. The molecule has 3 rings (SSSR count). The molecule has 0 saturated carbocycles. The molecule has 0 aliphatic heterocycles. The summed E-state index contributed by atoms with van der Waals surface area (Å²) in [6, 6.07) is 9.62. The lowest BCUT2D eigenvalue weighted by Gasteiger charge is -1.95. The number of aryl methyl sites for hydroxylation is 1. The van der Waals surface area contributed by atoms with E-state index in [1.807, 2.05) is 25.1 Å². The molecular formula is C14H11NO2. The second kappa shape index (κ2) is 3.63. The molecule has 1 aromatic carbocycles. The molecule has 0 atom stereocenters. The Balaban J connectivity index is 2.18. The van der Waals surface area contributed by atoms with E-state index in [0.29, 0.717) is 5.76 Å². The van der Waals surface area contributed by atoms with Gasteiger partial charge in [-0.2, -0.15) is 0 Å². The lowest BCUT2D eigenvalue weighted by molar-refractivity contribution is 0.472. The van der Waals surface area contributed by atoms with Gasteiger partial charge in [0.05, 0.1) is 6.20 Å². The van der Waals surface area contributed by atoms with Gasteiger partial charge in [-0.05, 0) is 31.2 Å². The van der Waals surface area contributed by atoms with E-state index in [2.05, 4.69) is 11.1 Å². The largest absolute Gasteiger partial charge is 0.506 e. The predicted octanol–water partition coefficient (Wildman–Crippen LogP) is 3.51. The second-order valence-corrected chi connectivity index (χ2v) is 4.08. The number of furan rings is 1. The van der Waals surface area contributed by atoms with E-state index in [-0.39, 0.29) is 5.75 Å². The van der Waals surface area contributed by atoms with Gasteiger partial charge in [0.25, 0.3) is 0 Å². The van der Waals surface area contributed by atoms with Gasteiger partial charge in [0.15, 0.2) is 0 Å². The predicted molar refractivity (Wildman–Crippen MR) is 65.8 cm³/mol. The topological polar surface area (TPSA) is 46.3 Å². The molecule has 0 saturated heterocycles. The molecule has 3 nitrogen and oxygen atoms in total. The standard InChI is InChI=1S/C14H11NO2/c1-9-2-3-13-10(4-9)6-14(17-13)11-5-12(16)8-15-7-11/h2-8,16H,1H3. The van der Waals surface area contributed by atoms with Crippen molar-refractivity contribution in [2.24, 2.45) is 0 Å². The van der Waals surface area contributed by atoms with Crippen LogP contribution in [0.4, 0.5) is 0 Å². The zero-order valence-electron chi connectivity index (χ0n) is 9.34. The zero-order valence-corrected chi connectivity index (χ0v) is 9.34. The van der Waals surface area contributed by atoms with Gasteiger partial charge in [-0.3, -0.25) is 4.98 Å². The van der Waals surface area contributed by atoms with Crippen molar-refractivity contribution < 1.29 is 9.52 Å². The minimum absolute atomic E-state index is 0.138. The molecule has 84 valence electrons. The Morgan fingerprint density at radius 1 is 1.12 bits per heavy atom. The fraction of sp³-hybridized carbons (Fsp3) is 0.0714. The van der Waals surface area contributed by atoms with Crippen molar-refractivity contribution in [1.29, 1.82) is 0 Å². The van der Waals surface area contributed by atoms with Crippen LogP contribution in [-0.2, 0) is 0 Å². The van der Waals surface area contributed by atoms with Crippen molar-refractivity contribution in [2.75, 3.05) is 0 Å². The summed E-state index contributed by atoms with van der Waals surface area (Å²) in [6.45, 7) is 2.04. The third kappa shape index (κ3) is 1.76. The van der Waals surface area contributed by atoms with E-state index in [4.69, 9.17) is 4.42 Å². The molecule has 0 aliphatic rings. The molecule has 3 aromatic rings. The first-order valence-electron chi connectivity index (χ1n) is 5.37. The van der Waals surface area contributed by atoms with E-state index in [1.54, 1.807) is 12.3 Å². The molecule has 0 unspecified atom stereocenters. The molecule has 0 spiro atoms. The van der Waals surface area contributed by atoms with Crippen molar-refractivity contribution in [1.82, 2.24) is 4.98 Å². The van der Waals surface area contributed by atoms with Gasteiger partial charge in [-0.15, -0.1) is 0 Å². The summed E-state index contributed by atoms with van der Waals surface area (Å²) in [5.41, 5.74) is 2.81. The summed E-state index contributed by atoms with van der Waals surface area (Å²) >= 11 is 0. The lowest BCUT2D eigenvalue weighted by atomic mass is 10.1. The van der Waals surface area contributed by atoms with E-state index in [1.165, 1.54) is 11.8 Å². The van der Waals surface area contributed by atoms with Crippen LogP contribution in [0.15, 0.2) is 47.1 Å². The first kappa shape index (κ1) is 9.90. The molecule has 0 amide bonds. The van der Waals surface area contributed by atoms with Crippen LogP contribution in [-0.4, -0.2) is 10.1 Å². The molecule has 17 heavy (non-hydrogen) atoms. The van der Waals surface area contributed by atoms with E-state index < -0.39 is 0 Å². The average molecular weight is 225 g/mol. The van der Waals surface area contributed by atoms with Crippen LogP contribution in [0.2, 0.25) is 0 Å². The summed E-state index contributed by atoms with van der Waals surface area (Å²) in [7, 11) is 0. The van der Waals surface area contributed by atoms with Crippen LogP contribution in [0.25, 0.3) is 22.3 Å². The van der Waals surface area contributed by atoms with Crippen molar-refractivity contribution in [3.63, 3.8) is 0 Å². The number of aromatic nitrogens is 1. The average Bonchev–Trinajstić information content (AvgIpc) is 2.72. The highest BCUT2D eigenvalue weighted by molar-refractivity contribution is 5.83. The number of pyridine rings is 1. The minimum Gasteiger partial charge on any atom is -0.506 e. The molecule has 1 N–H and O–H groups in total. The van der Waals surface area contributed by atoms with Crippen LogP contribution in [0, 0.1) is 6.92 Å². The van der Waals surface area contributed by atoms with Gasteiger partial charge in [-0.25, -0.2) is 0 Å². The highest BCUT2D eigenvalue weighted by Crippen LogP contribution is 2.29. The molecular weight excluding hydrogens is 214 g/mol. The van der Waals surface area contributed by atoms with E-state index >= 15 is 0 Å². The lowest BCUT2D eigenvalue weighted by Crippen LogP contribution is -1.76. The van der Waals surface area contributed by atoms with Crippen molar-refractivity contribution >= 4 is 11.0 Å². The molecule has 2 heterocycles. The van der Waals surface area contributed by atoms with Gasteiger partial charge < -0.3 is 9.52 Å². The Bertz CT molecular complexity index is 686. The number of nitrogens with zero attached hydrogens (tertiary/aromatic N) is 1. The number of benzene rings is 1. The summed E-state index contributed by atoms with van der Waals surface area (Å²) in [4.78, 5) is 3.94. The molecule has 0 fully saturated rings. The van der Waals surface area contributed by atoms with E-state index in [9.17, 15) is 5.11 Å². The zero-order chi connectivity index (χ0) is 11.8. The smallest absolute Gasteiger partial charge is 0.137 e. The third-order valence-electron chi connectivity index (χ3n) is 2.68. The number of fused-ring (bicyclic) bond motifs is 1. The fourth-order valence-corrected chi connectivity index (χ4v) is 1.87. The van der Waals surface area contributed by atoms with Gasteiger partial charge in [-0.1, -0.05) is 11.6 Å². The Hall–Kier alpha value is -2.29. The monoisotopic (exact) mass is 225 g/mol. The van der Waals surface area contributed by atoms with Crippen molar-refractivity contribution in [2.45, 2.75) is 6.92 Å². The summed E-state index contributed by atoms with van der Waals surface area (Å²) in [5.74, 6) is 0.855. The number of rotatable bonds is 1. The molecule has 2 aromatic heterocycles. The van der Waals surface area contributed by atoms with Crippen LogP contribution in [0.5, 0.6) is 5.75 Å². The molecule has 3 heteroatoms. The third-order valence-corrected chi connectivity index (χ3v) is 2.68. The second-order valence-electron chi connectivity index (χ2n) is 4.08. The van der Waals surface area contributed by atoms with Gasteiger partial charge >= 0.3 is 0 Å². The van der Waals surface area contributed by atoms with Crippen LogP contribution >= 0.6 is 0 Å². The maximum Gasteiger partial charge on any atom is 0.137 e. The molecule has 0 aliphatic carbocycles. The maximum atomic E-state index is 9.39. The Morgan fingerprint density at radius 3 is 2.82 bits per heavy atom. The molecule has 0 radical (unpaired) electrons. The number of hydrogen-bond donors (Lipinski definition) is 1. The summed E-state index contributed by atoms with van der Waals surface area (Å²) in [6.07, 6.45) is 3.07. The van der Waals surface area contributed by atoms with Crippen LogP contribution in [0.3, 0.4) is 0 Å². The number of aromatic hydroxyl groups is 1. The molecule has 0 bridgehead atoms. The van der Waals surface area contributed by atoms with E-state index in [0.717, 1.165) is 16.5 Å². The summed E-state index contributed by atoms with van der Waals surface area (Å²) in [5, 5.41) is 10.4. The van der Waals surface area contributed by atoms with Gasteiger partial charge in [0.1, 0.15) is 17.1 Å². The van der Waals surface area contributed by atoms with Gasteiger partial charge in [0, 0.05) is 17.1 Å². The van der Waals surface area contributed by atoms with Crippen molar-refractivity contribution in [3.05, 3.63) is 48.3 Å². The first-order chi connectivity index (χ1) is 8.22. The fourth-order valence-electron chi connectivity index (χ4n) is 1.87. The Kier molecular flexibility index (Phi) is 2.11. The first-order valence-corrected chi connectivity index (χ1v) is 5.37. The normalized spacial score (nSPS) is 10.9. The minimum atomic E-state index is 0.138. The Morgan fingerprint density at radius 2 is 2.00 bits per heavy atom. The number of hydrogen-bond acceptors (Lipinski definition) is 3. The highest BCUT2D eigenvalue weighted by atomic mass is 16.3. The van der Waals surface area contributed by atoms with Crippen molar-refractivity contribution in [3.8, 4) is 17.1 Å². The van der Waals surface area contributed by atoms with Gasteiger partial charge in [0.2, 0.25) is 0 Å². The summed E-state index contributed by atoms with van der Waals surface area (Å²) < 4.78 is 5.71. The van der Waals surface area contributed by atoms with Crippen LogP contribution < -0.4 is 0 Å². The Labute approximate surface area is 98.3 Å². The van der Waals surface area contributed by atoms with Crippen LogP contribution in [0.1, 0.15) is 5.56 Å². The highest BCUT2D eigenvalue weighted by Gasteiger charge is 2.07. The maximum absolute atomic E-state index is 9.39. The SMILES string of the molecule is Cc1ccc2oc(-c3cncc(O)c3)cc2c1.